The smallest absolute Gasteiger partial charge is 0.191 e. The van der Waals surface area contributed by atoms with Crippen LogP contribution in [-0.2, 0) is 9.47 Å². The van der Waals surface area contributed by atoms with Crippen LogP contribution in [0.25, 0.3) is 0 Å². The molecule has 0 spiro atoms. The topological polar surface area (TPSA) is 58.1 Å². The molecule has 0 aromatic carbocycles. The Bertz CT molecular complexity index is 371. The molecule has 0 saturated carbocycles. The lowest BCUT2D eigenvalue weighted by Gasteiger charge is -2.29. The maximum atomic E-state index is 5.69. The average Bonchev–Trinajstić information content (AvgIpc) is 3.13. The summed E-state index contributed by atoms with van der Waals surface area (Å²) in [6, 6.07) is 0. The third-order valence-corrected chi connectivity index (χ3v) is 5.07. The van der Waals surface area contributed by atoms with Gasteiger partial charge in [-0.25, -0.2) is 0 Å². The van der Waals surface area contributed by atoms with E-state index in [2.05, 4.69) is 34.5 Å². The lowest BCUT2D eigenvalue weighted by Crippen LogP contribution is -2.39. The molecule has 2 fully saturated rings. The quantitative estimate of drug-likeness (QED) is 0.217. The van der Waals surface area contributed by atoms with Crippen LogP contribution in [0.15, 0.2) is 4.99 Å². The Kier molecular flexibility index (Phi) is 13.7. The minimum absolute atomic E-state index is 0. The number of rotatable bonds is 10. The number of hydrogen-bond donors (Lipinski definition) is 2. The Morgan fingerprint density at radius 1 is 1.23 bits per heavy atom. The van der Waals surface area contributed by atoms with Crippen molar-refractivity contribution < 1.29 is 9.47 Å². The number of halogens is 1. The molecule has 7 heteroatoms. The molecule has 2 heterocycles. The molecule has 0 bridgehead atoms. The second-order valence-corrected chi connectivity index (χ2v) is 7.29. The van der Waals surface area contributed by atoms with Gasteiger partial charge in [-0.15, -0.1) is 24.0 Å². The molecule has 0 radical (unpaired) electrons. The minimum Gasteiger partial charge on any atom is -0.379 e. The predicted octanol–water partition coefficient (Wildman–Crippen LogP) is 2.48. The summed E-state index contributed by atoms with van der Waals surface area (Å²) in [5, 5.41) is 6.81. The Labute approximate surface area is 176 Å². The van der Waals surface area contributed by atoms with E-state index in [1.54, 1.807) is 0 Å². The van der Waals surface area contributed by atoms with Gasteiger partial charge in [-0.3, -0.25) is 4.99 Å². The fraction of sp³-hybridized carbons (Fsp3) is 0.947. The first kappa shape index (κ1) is 23.9. The Balaban J connectivity index is 0.00000338. The molecule has 2 aliphatic rings. The van der Waals surface area contributed by atoms with Crippen LogP contribution in [0.5, 0.6) is 0 Å². The first-order valence-corrected chi connectivity index (χ1v) is 10.2. The normalized spacial score (nSPS) is 22.2. The van der Waals surface area contributed by atoms with Crippen molar-refractivity contribution in [3.05, 3.63) is 0 Å². The number of guanidine groups is 1. The van der Waals surface area contributed by atoms with E-state index in [1.807, 2.05) is 0 Å². The first-order chi connectivity index (χ1) is 12.3. The summed E-state index contributed by atoms with van der Waals surface area (Å²) in [5.41, 5.74) is 0. The maximum absolute atomic E-state index is 5.69. The standard InChI is InChI=1S/C19H38N4O2.HI/c1-3-20-19(22-11-7-17-8-12-23(2)13-9-17)21-10-5-14-24-16-18-6-4-15-25-18;/h17-18H,3-16H2,1-2H3,(H2,20,21,22);1H. The van der Waals surface area contributed by atoms with Gasteiger partial charge in [0.15, 0.2) is 5.96 Å². The van der Waals surface area contributed by atoms with Gasteiger partial charge in [0.25, 0.3) is 0 Å². The molecule has 26 heavy (non-hydrogen) atoms. The number of ether oxygens (including phenoxy) is 2. The van der Waals surface area contributed by atoms with E-state index in [9.17, 15) is 0 Å². The number of nitrogens with zero attached hydrogens (tertiary/aromatic N) is 2. The highest BCUT2D eigenvalue weighted by Gasteiger charge is 2.16. The Hall–Kier alpha value is -0.120. The molecule has 1 unspecified atom stereocenters. The summed E-state index contributed by atoms with van der Waals surface area (Å²) in [7, 11) is 2.22. The summed E-state index contributed by atoms with van der Waals surface area (Å²) in [6.07, 6.45) is 7.49. The van der Waals surface area contributed by atoms with E-state index in [4.69, 9.17) is 9.47 Å². The molecule has 2 N–H and O–H groups in total. The molecule has 2 saturated heterocycles. The average molecular weight is 482 g/mol. The van der Waals surface area contributed by atoms with Crippen molar-refractivity contribution in [3.8, 4) is 0 Å². The molecule has 2 aliphatic heterocycles. The summed E-state index contributed by atoms with van der Waals surface area (Å²) in [6.45, 7) is 9.69. The summed E-state index contributed by atoms with van der Waals surface area (Å²) in [5.74, 6) is 1.80. The molecule has 0 aromatic heterocycles. The number of nitrogens with one attached hydrogen (secondary N) is 2. The van der Waals surface area contributed by atoms with E-state index in [0.717, 1.165) is 64.2 Å². The van der Waals surface area contributed by atoms with E-state index >= 15 is 0 Å². The zero-order valence-corrected chi connectivity index (χ0v) is 19.0. The second kappa shape index (κ2) is 14.9. The molecule has 0 amide bonds. The Morgan fingerprint density at radius 2 is 2.04 bits per heavy atom. The van der Waals surface area contributed by atoms with Gasteiger partial charge in [0.05, 0.1) is 12.7 Å². The van der Waals surface area contributed by atoms with Crippen LogP contribution in [0.2, 0.25) is 0 Å². The van der Waals surface area contributed by atoms with Gasteiger partial charge in [-0.05, 0) is 71.5 Å². The number of aliphatic imine (C=N–C) groups is 1. The highest BCUT2D eigenvalue weighted by molar-refractivity contribution is 14.0. The van der Waals surface area contributed by atoms with E-state index in [0.29, 0.717) is 6.10 Å². The molecule has 6 nitrogen and oxygen atoms in total. The van der Waals surface area contributed by atoms with E-state index in [1.165, 1.54) is 38.8 Å². The van der Waals surface area contributed by atoms with E-state index in [-0.39, 0.29) is 24.0 Å². The van der Waals surface area contributed by atoms with Crippen molar-refractivity contribution in [1.82, 2.24) is 15.5 Å². The Morgan fingerprint density at radius 3 is 2.73 bits per heavy atom. The molecule has 2 rings (SSSR count). The summed E-state index contributed by atoms with van der Waals surface area (Å²) < 4.78 is 11.2. The van der Waals surface area contributed by atoms with Crippen LogP contribution in [0, 0.1) is 5.92 Å². The van der Waals surface area contributed by atoms with Crippen molar-refractivity contribution in [1.29, 1.82) is 0 Å². The molecule has 0 aromatic rings. The lowest BCUT2D eigenvalue weighted by molar-refractivity contribution is 0.0171. The van der Waals surface area contributed by atoms with Crippen molar-refractivity contribution >= 4 is 29.9 Å². The molecular formula is C19H39IN4O2. The molecule has 1 atom stereocenters. The van der Waals surface area contributed by atoms with Gasteiger partial charge in [-0.1, -0.05) is 0 Å². The highest BCUT2D eigenvalue weighted by Crippen LogP contribution is 2.18. The minimum atomic E-state index is 0. The third kappa shape index (κ3) is 10.3. The third-order valence-electron chi connectivity index (χ3n) is 5.07. The van der Waals surface area contributed by atoms with Crippen LogP contribution >= 0.6 is 24.0 Å². The summed E-state index contributed by atoms with van der Waals surface area (Å²) in [4.78, 5) is 7.08. The van der Waals surface area contributed by atoms with Gasteiger partial charge >= 0.3 is 0 Å². The SMILES string of the molecule is CCNC(=NCCCOCC1CCCO1)NCCC1CCN(C)CC1.I. The fourth-order valence-electron chi connectivity index (χ4n) is 3.44. The maximum Gasteiger partial charge on any atom is 0.191 e. The van der Waals surface area contributed by atoms with Crippen LogP contribution < -0.4 is 10.6 Å². The van der Waals surface area contributed by atoms with Gasteiger partial charge < -0.3 is 25.0 Å². The largest absolute Gasteiger partial charge is 0.379 e. The fourth-order valence-corrected chi connectivity index (χ4v) is 3.44. The van der Waals surface area contributed by atoms with Crippen molar-refractivity contribution in [2.24, 2.45) is 10.9 Å². The monoisotopic (exact) mass is 482 g/mol. The van der Waals surface area contributed by atoms with Crippen molar-refractivity contribution in [2.45, 2.75) is 51.6 Å². The van der Waals surface area contributed by atoms with Crippen molar-refractivity contribution in [3.63, 3.8) is 0 Å². The van der Waals surface area contributed by atoms with Gasteiger partial charge in [0.1, 0.15) is 0 Å². The van der Waals surface area contributed by atoms with Crippen LogP contribution in [-0.4, -0.2) is 76.6 Å². The van der Waals surface area contributed by atoms with Crippen molar-refractivity contribution in [2.75, 3.05) is 59.6 Å². The van der Waals surface area contributed by atoms with Gasteiger partial charge in [-0.2, -0.15) is 0 Å². The van der Waals surface area contributed by atoms with Crippen LogP contribution in [0.1, 0.15) is 45.4 Å². The predicted molar refractivity (Wildman–Crippen MR) is 119 cm³/mol. The van der Waals surface area contributed by atoms with Gasteiger partial charge in [0, 0.05) is 32.8 Å². The molecule has 0 aliphatic carbocycles. The molecule has 154 valence electrons. The van der Waals surface area contributed by atoms with E-state index < -0.39 is 0 Å². The van der Waals surface area contributed by atoms with Crippen LogP contribution in [0.4, 0.5) is 0 Å². The lowest BCUT2D eigenvalue weighted by atomic mass is 9.94. The van der Waals surface area contributed by atoms with Gasteiger partial charge in [0.2, 0.25) is 0 Å². The zero-order valence-electron chi connectivity index (χ0n) is 16.7. The number of hydrogen-bond acceptors (Lipinski definition) is 4. The number of likely N-dealkylation sites (tertiary alicyclic amines) is 1. The molecular weight excluding hydrogens is 443 g/mol. The first-order valence-electron chi connectivity index (χ1n) is 10.2. The highest BCUT2D eigenvalue weighted by atomic mass is 127. The van der Waals surface area contributed by atoms with Crippen LogP contribution in [0.3, 0.4) is 0 Å². The second-order valence-electron chi connectivity index (χ2n) is 7.29. The zero-order chi connectivity index (χ0) is 17.7. The summed E-state index contributed by atoms with van der Waals surface area (Å²) >= 11 is 0. The number of piperidine rings is 1.